The first-order chi connectivity index (χ1) is 8.13. The summed E-state index contributed by atoms with van der Waals surface area (Å²) in [4.78, 5) is 30.5. The lowest BCUT2D eigenvalue weighted by Crippen LogP contribution is -2.01. The van der Waals surface area contributed by atoms with E-state index >= 15 is 0 Å². The zero-order valence-electron chi connectivity index (χ0n) is 10.5. The summed E-state index contributed by atoms with van der Waals surface area (Å²) in [7, 11) is 1.33. The van der Waals surface area contributed by atoms with E-state index in [1.54, 1.807) is 6.92 Å². The van der Waals surface area contributed by atoms with Gasteiger partial charge in [0.1, 0.15) is 0 Å². The lowest BCUT2D eigenvalue weighted by Gasteiger charge is -1.92. The maximum atomic E-state index is 10.2. The first-order valence-corrected chi connectivity index (χ1v) is 4.71. The summed E-state index contributed by atoms with van der Waals surface area (Å²) in [6.07, 6.45) is 1.00. The molecule has 0 saturated carbocycles. The van der Waals surface area contributed by atoms with Gasteiger partial charge in [-0.3, -0.25) is 0 Å². The molecule has 0 amide bonds. The number of hydrogen-bond donors (Lipinski definition) is 2. The molecular weight excluding hydrogens is 240 g/mol. The van der Waals surface area contributed by atoms with Crippen molar-refractivity contribution < 1.29 is 29.3 Å². The van der Waals surface area contributed by atoms with Crippen molar-refractivity contribution in [1.82, 2.24) is 0 Å². The Morgan fingerprint density at radius 1 is 1.06 bits per heavy atom. The summed E-state index contributed by atoms with van der Waals surface area (Å²) in [5.41, 5.74) is 0.157. The van der Waals surface area contributed by atoms with Crippen molar-refractivity contribution >= 4 is 17.9 Å². The van der Waals surface area contributed by atoms with Gasteiger partial charge in [0, 0.05) is 11.1 Å². The van der Waals surface area contributed by atoms with Crippen molar-refractivity contribution in [2.24, 2.45) is 0 Å². The molecule has 18 heavy (non-hydrogen) atoms. The van der Waals surface area contributed by atoms with Crippen LogP contribution in [0.15, 0.2) is 36.0 Å². The molecule has 6 nitrogen and oxygen atoms in total. The summed E-state index contributed by atoms with van der Waals surface area (Å²) >= 11 is 0. The third kappa shape index (κ3) is 8.90. The number of carbonyl (C=O) groups excluding carboxylic acids is 1. The fourth-order valence-corrected chi connectivity index (χ4v) is 0.559. The standard InChI is InChI=1S/C7H8O4.C5H8O2/c1-4(6(8)9)3-5(2)7(10)11;1-4(2)5(6)7-3/h3H,1H2,2H3,(H,8,9)(H,10,11);1H2,2-3H3. The number of aliphatic carboxylic acids is 2. The van der Waals surface area contributed by atoms with Gasteiger partial charge < -0.3 is 14.9 Å². The van der Waals surface area contributed by atoms with E-state index in [4.69, 9.17) is 10.2 Å². The maximum Gasteiger partial charge on any atom is 0.335 e. The molecule has 0 heterocycles. The van der Waals surface area contributed by atoms with Crippen molar-refractivity contribution in [3.63, 3.8) is 0 Å². The molecule has 0 unspecified atom stereocenters. The van der Waals surface area contributed by atoms with Crippen LogP contribution < -0.4 is 0 Å². The van der Waals surface area contributed by atoms with E-state index in [0.717, 1.165) is 6.08 Å². The molecule has 0 spiro atoms. The summed E-state index contributed by atoms with van der Waals surface area (Å²) in [5.74, 6) is -2.71. The highest BCUT2D eigenvalue weighted by atomic mass is 16.5. The molecule has 100 valence electrons. The first-order valence-electron chi connectivity index (χ1n) is 4.71. The number of carboxylic acid groups (broad SMARTS) is 2. The average Bonchev–Trinajstić information content (AvgIpc) is 2.28. The van der Waals surface area contributed by atoms with Gasteiger partial charge in [-0.05, 0) is 19.9 Å². The van der Waals surface area contributed by atoms with E-state index < -0.39 is 11.9 Å². The normalized spacial score (nSPS) is 9.61. The van der Waals surface area contributed by atoms with E-state index in [1.165, 1.54) is 14.0 Å². The van der Waals surface area contributed by atoms with Gasteiger partial charge in [-0.25, -0.2) is 14.4 Å². The van der Waals surface area contributed by atoms with Gasteiger partial charge in [-0.2, -0.15) is 0 Å². The highest BCUT2D eigenvalue weighted by Crippen LogP contribution is 1.99. The van der Waals surface area contributed by atoms with Crippen LogP contribution in [0.5, 0.6) is 0 Å². The van der Waals surface area contributed by atoms with Crippen LogP contribution in [0, 0.1) is 0 Å². The second-order valence-electron chi connectivity index (χ2n) is 3.23. The molecule has 0 fully saturated rings. The minimum Gasteiger partial charge on any atom is -0.478 e. The molecule has 0 aliphatic rings. The van der Waals surface area contributed by atoms with Crippen LogP contribution in [0.3, 0.4) is 0 Å². The minimum absolute atomic E-state index is 0.0441. The maximum absolute atomic E-state index is 10.2. The van der Waals surface area contributed by atoms with Crippen molar-refractivity contribution in [3.05, 3.63) is 36.0 Å². The molecule has 0 radical (unpaired) electrons. The molecule has 0 saturated heterocycles. The Balaban J connectivity index is 0. The van der Waals surface area contributed by atoms with Gasteiger partial charge in [0.25, 0.3) is 0 Å². The third-order valence-corrected chi connectivity index (χ3v) is 1.54. The smallest absolute Gasteiger partial charge is 0.335 e. The van der Waals surface area contributed by atoms with Crippen LogP contribution in [0.25, 0.3) is 0 Å². The van der Waals surface area contributed by atoms with E-state index in [9.17, 15) is 14.4 Å². The number of carbonyl (C=O) groups is 3. The molecule has 0 aromatic carbocycles. The summed E-state index contributed by atoms with van der Waals surface area (Å²) in [6.45, 7) is 9.39. The van der Waals surface area contributed by atoms with Gasteiger partial charge in [-0.1, -0.05) is 13.2 Å². The monoisotopic (exact) mass is 256 g/mol. The van der Waals surface area contributed by atoms with Crippen LogP contribution in [-0.4, -0.2) is 35.2 Å². The largest absolute Gasteiger partial charge is 0.478 e. The van der Waals surface area contributed by atoms with E-state index in [2.05, 4.69) is 17.9 Å². The predicted octanol–water partition coefficient (Wildman–Crippen LogP) is 1.39. The van der Waals surface area contributed by atoms with Crippen LogP contribution in [-0.2, 0) is 19.1 Å². The lowest BCUT2D eigenvalue weighted by molar-refractivity contribution is -0.136. The van der Waals surface area contributed by atoms with Crippen molar-refractivity contribution in [1.29, 1.82) is 0 Å². The minimum atomic E-state index is -1.22. The van der Waals surface area contributed by atoms with Gasteiger partial charge in [0.05, 0.1) is 12.7 Å². The zero-order valence-corrected chi connectivity index (χ0v) is 10.5. The molecular formula is C12H16O6. The first kappa shape index (κ1) is 18.0. The molecule has 0 rings (SSSR count). The Bertz CT molecular complexity index is 403. The van der Waals surface area contributed by atoms with Crippen molar-refractivity contribution in [2.45, 2.75) is 13.8 Å². The molecule has 6 heteroatoms. The quantitative estimate of drug-likeness (QED) is 0.448. The van der Waals surface area contributed by atoms with Crippen LogP contribution in [0.1, 0.15) is 13.8 Å². The highest BCUT2D eigenvalue weighted by molar-refractivity contribution is 5.93. The number of rotatable bonds is 4. The Kier molecular flexibility index (Phi) is 8.75. The Morgan fingerprint density at radius 3 is 1.67 bits per heavy atom. The van der Waals surface area contributed by atoms with Gasteiger partial charge in [-0.15, -0.1) is 0 Å². The Morgan fingerprint density at radius 2 is 1.50 bits per heavy atom. The number of hydrogen-bond acceptors (Lipinski definition) is 4. The van der Waals surface area contributed by atoms with Crippen LogP contribution in [0.4, 0.5) is 0 Å². The van der Waals surface area contributed by atoms with Crippen LogP contribution in [0.2, 0.25) is 0 Å². The lowest BCUT2D eigenvalue weighted by atomic mass is 10.2. The SMILES string of the molecule is C=C(C)C(=O)OC.C=C(C=C(C)C(=O)O)C(=O)O. The van der Waals surface area contributed by atoms with Gasteiger partial charge in [0.15, 0.2) is 0 Å². The summed E-state index contributed by atoms with van der Waals surface area (Å²) in [5, 5.41) is 16.6. The molecule has 0 atom stereocenters. The number of methoxy groups -OCH3 is 1. The number of carboxylic acids is 2. The molecule has 0 aromatic heterocycles. The summed E-state index contributed by atoms with van der Waals surface area (Å²) in [6, 6.07) is 0. The molecule has 0 aliphatic heterocycles. The number of esters is 1. The fourth-order valence-electron chi connectivity index (χ4n) is 0.559. The van der Waals surface area contributed by atoms with E-state index in [-0.39, 0.29) is 17.1 Å². The number of ether oxygens (including phenoxy) is 1. The van der Waals surface area contributed by atoms with E-state index in [1.807, 2.05) is 0 Å². The topological polar surface area (TPSA) is 101 Å². The fraction of sp³-hybridized carbons (Fsp3) is 0.250. The van der Waals surface area contributed by atoms with Gasteiger partial charge >= 0.3 is 17.9 Å². The second kappa shape index (κ2) is 8.74. The van der Waals surface area contributed by atoms with Gasteiger partial charge in [0.2, 0.25) is 0 Å². The highest BCUT2D eigenvalue weighted by Gasteiger charge is 2.04. The molecule has 0 aliphatic carbocycles. The van der Waals surface area contributed by atoms with Crippen LogP contribution >= 0.6 is 0 Å². The zero-order chi connectivity index (χ0) is 14.9. The Hall–Kier alpha value is -2.37. The Labute approximate surface area is 105 Å². The molecule has 0 aromatic rings. The van der Waals surface area contributed by atoms with E-state index in [0.29, 0.717) is 5.57 Å². The molecule has 2 N–H and O–H groups in total. The van der Waals surface area contributed by atoms with Crippen molar-refractivity contribution in [3.8, 4) is 0 Å². The third-order valence-electron chi connectivity index (χ3n) is 1.54. The average molecular weight is 256 g/mol. The summed E-state index contributed by atoms with van der Waals surface area (Å²) < 4.78 is 4.27. The van der Waals surface area contributed by atoms with Crippen molar-refractivity contribution in [2.75, 3.05) is 7.11 Å². The molecule has 0 bridgehead atoms. The predicted molar refractivity (Wildman–Crippen MR) is 65.0 cm³/mol. The second-order valence-corrected chi connectivity index (χ2v) is 3.23.